The van der Waals surface area contributed by atoms with Crippen LogP contribution >= 0.6 is 0 Å². The van der Waals surface area contributed by atoms with Crippen LogP contribution in [0, 0.1) is 17.2 Å². The molecule has 1 amide bonds. The predicted molar refractivity (Wildman–Crippen MR) is 79.5 cm³/mol. The highest BCUT2D eigenvalue weighted by Gasteiger charge is 2.44. The average Bonchev–Trinajstić information content (AvgIpc) is 2.54. The molecular formula is C16H18F3N3O2. The zero-order valence-electron chi connectivity index (χ0n) is 12.8. The van der Waals surface area contributed by atoms with Crippen molar-refractivity contribution in [2.75, 3.05) is 13.1 Å². The van der Waals surface area contributed by atoms with Gasteiger partial charge in [0.1, 0.15) is 6.04 Å². The van der Waals surface area contributed by atoms with Crippen molar-refractivity contribution >= 4 is 5.91 Å². The van der Waals surface area contributed by atoms with E-state index in [1.165, 1.54) is 0 Å². The molecular weight excluding hydrogens is 323 g/mol. The summed E-state index contributed by atoms with van der Waals surface area (Å²) in [4.78, 5) is 13.5. The van der Waals surface area contributed by atoms with Crippen LogP contribution in [0.5, 0.6) is 0 Å². The predicted octanol–water partition coefficient (Wildman–Crippen LogP) is 1.72. The first-order valence-electron chi connectivity index (χ1n) is 7.52. The number of likely N-dealkylation sites (tertiary alicyclic amines) is 1. The summed E-state index contributed by atoms with van der Waals surface area (Å²) in [5.74, 6) is -1.48. The SMILES string of the molecule is N#Cc1ccc(C(C(N)=O)N2CCC(C(O)C(F)(F)F)CC2)cc1. The van der Waals surface area contributed by atoms with Crippen molar-refractivity contribution in [1.29, 1.82) is 5.26 Å². The van der Waals surface area contributed by atoms with Gasteiger partial charge in [-0.15, -0.1) is 0 Å². The lowest BCUT2D eigenvalue weighted by atomic mass is 9.89. The maximum absolute atomic E-state index is 12.6. The van der Waals surface area contributed by atoms with Gasteiger partial charge < -0.3 is 10.8 Å². The molecule has 130 valence electrons. The lowest BCUT2D eigenvalue weighted by Gasteiger charge is -2.38. The molecule has 1 aromatic rings. The van der Waals surface area contributed by atoms with E-state index in [9.17, 15) is 23.1 Å². The number of aliphatic hydroxyl groups is 1. The summed E-state index contributed by atoms with van der Waals surface area (Å²) in [6.07, 6.45) is -6.73. The van der Waals surface area contributed by atoms with Crippen LogP contribution in [-0.4, -0.2) is 41.3 Å². The molecule has 0 aromatic heterocycles. The Balaban J connectivity index is 2.09. The maximum atomic E-state index is 12.6. The van der Waals surface area contributed by atoms with Gasteiger partial charge >= 0.3 is 6.18 Å². The first-order chi connectivity index (χ1) is 11.2. The topological polar surface area (TPSA) is 90.3 Å². The van der Waals surface area contributed by atoms with Gasteiger partial charge in [-0.2, -0.15) is 18.4 Å². The van der Waals surface area contributed by atoms with Crippen molar-refractivity contribution in [3.63, 3.8) is 0 Å². The number of nitrogens with zero attached hydrogens (tertiary/aromatic N) is 2. The van der Waals surface area contributed by atoms with Crippen LogP contribution < -0.4 is 5.73 Å². The normalized spacial score (nSPS) is 19.5. The molecule has 0 radical (unpaired) electrons. The van der Waals surface area contributed by atoms with Crippen LogP contribution in [0.1, 0.15) is 30.0 Å². The van der Waals surface area contributed by atoms with Crippen molar-refractivity contribution in [3.8, 4) is 6.07 Å². The Hall–Kier alpha value is -2.11. The van der Waals surface area contributed by atoms with E-state index in [0.717, 1.165) is 0 Å². The number of hydrogen-bond donors (Lipinski definition) is 2. The van der Waals surface area contributed by atoms with E-state index in [1.54, 1.807) is 29.2 Å². The van der Waals surface area contributed by atoms with Crippen LogP contribution in [0.25, 0.3) is 0 Å². The highest BCUT2D eigenvalue weighted by molar-refractivity contribution is 5.81. The number of amides is 1. The molecule has 1 aliphatic heterocycles. The van der Waals surface area contributed by atoms with Gasteiger partial charge in [-0.3, -0.25) is 9.69 Å². The summed E-state index contributed by atoms with van der Waals surface area (Å²) < 4.78 is 37.8. The van der Waals surface area contributed by atoms with Gasteiger partial charge in [-0.05, 0) is 49.5 Å². The van der Waals surface area contributed by atoms with Gasteiger partial charge in [-0.1, -0.05) is 12.1 Å². The van der Waals surface area contributed by atoms with Crippen LogP contribution in [0.4, 0.5) is 13.2 Å². The molecule has 2 unspecified atom stereocenters. The van der Waals surface area contributed by atoms with Gasteiger partial charge in [0, 0.05) is 0 Å². The van der Waals surface area contributed by atoms with E-state index in [0.29, 0.717) is 11.1 Å². The zero-order valence-corrected chi connectivity index (χ0v) is 12.8. The van der Waals surface area contributed by atoms with E-state index in [1.807, 2.05) is 6.07 Å². The van der Waals surface area contributed by atoms with E-state index in [4.69, 9.17) is 11.0 Å². The Morgan fingerprint density at radius 3 is 2.25 bits per heavy atom. The summed E-state index contributed by atoms with van der Waals surface area (Å²) >= 11 is 0. The van der Waals surface area contributed by atoms with E-state index in [2.05, 4.69) is 0 Å². The molecule has 1 heterocycles. The second-order valence-electron chi connectivity index (χ2n) is 5.90. The standard InChI is InChI=1S/C16H18F3N3O2/c17-16(18,19)14(23)12-5-7-22(8-6-12)13(15(21)24)11-3-1-10(9-20)2-4-11/h1-4,12-14,23H,5-8H2,(H2,21,24). The van der Waals surface area contributed by atoms with Crippen LogP contribution in [0.15, 0.2) is 24.3 Å². The monoisotopic (exact) mass is 341 g/mol. The Bertz CT molecular complexity index is 617. The number of nitriles is 1. The van der Waals surface area contributed by atoms with E-state index < -0.39 is 30.1 Å². The molecule has 5 nitrogen and oxygen atoms in total. The summed E-state index contributed by atoms with van der Waals surface area (Å²) in [5, 5.41) is 18.2. The number of hydrogen-bond acceptors (Lipinski definition) is 4. The number of carbonyl (C=O) groups is 1. The Morgan fingerprint density at radius 2 is 1.83 bits per heavy atom. The number of nitrogens with two attached hydrogens (primary N) is 1. The van der Waals surface area contributed by atoms with Crippen LogP contribution in [-0.2, 0) is 4.79 Å². The summed E-state index contributed by atoms with van der Waals surface area (Å²) in [5.41, 5.74) is 6.49. The molecule has 1 fully saturated rings. The summed E-state index contributed by atoms with van der Waals surface area (Å²) in [7, 11) is 0. The van der Waals surface area contributed by atoms with Gasteiger partial charge in [0.25, 0.3) is 0 Å². The second-order valence-corrected chi connectivity index (χ2v) is 5.90. The zero-order chi connectivity index (χ0) is 17.9. The fourth-order valence-corrected chi connectivity index (χ4v) is 3.06. The molecule has 1 aromatic carbocycles. The number of primary amides is 1. The highest BCUT2D eigenvalue weighted by Crippen LogP contribution is 2.34. The number of benzene rings is 1. The van der Waals surface area contributed by atoms with Crippen molar-refractivity contribution in [1.82, 2.24) is 4.90 Å². The molecule has 2 atom stereocenters. The largest absolute Gasteiger partial charge is 0.414 e. The minimum Gasteiger partial charge on any atom is -0.383 e. The van der Waals surface area contributed by atoms with E-state index >= 15 is 0 Å². The molecule has 3 N–H and O–H groups in total. The minimum absolute atomic E-state index is 0.126. The van der Waals surface area contributed by atoms with Gasteiger partial charge in [0.05, 0.1) is 11.6 Å². The number of piperidine rings is 1. The maximum Gasteiger partial charge on any atom is 0.414 e. The third kappa shape index (κ3) is 4.04. The third-order valence-corrected chi connectivity index (χ3v) is 4.35. The third-order valence-electron chi connectivity index (χ3n) is 4.35. The van der Waals surface area contributed by atoms with E-state index in [-0.39, 0.29) is 25.9 Å². The highest BCUT2D eigenvalue weighted by atomic mass is 19.4. The average molecular weight is 341 g/mol. The molecule has 24 heavy (non-hydrogen) atoms. The number of alkyl halides is 3. The van der Waals surface area contributed by atoms with Crippen molar-refractivity contribution in [3.05, 3.63) is 35.4 Å². The Labute approximate surface area is 137 Å². The molecule has 1 saturated heterocycles. The molecule has 0 aliphatic carbocycles. The van der Waals surface area contributed by atoms with Gasteiger partial charge in [0.2, 0.25) is 5.91 Å². The van der Waals surface area contributed by atoms with Gasteiger partial charge in [0.15, 0.2) is 6.10 Å². The molecule has 0 spiro atoms. The minimum atomic E-state index is -4.64. The van der Waals surface area contributed by atoms with Crippen molar-refractivity contribution < 1.29 is 23.1 Å². The first-order valence-corrected chi connectivity index (χ1v) is 7.52. The van der Waals surface area contributed by atoms with Crippen LogP contribution in [0.2, 0.25) is 0 Å². The summed E-state index contributed by atoms with van der Waals surface area (Å²) in [6.45, 7) is 0.455. The molecule has 2 rings (SSSR count). The van der Waals surface area contributed by atoms with Crippen molar-refractivity contribution in [2.45, 2.75) is 31.2 Å². The van der Waals surface area contributed by atoms with Crippen molar-refractivity contribution in [2.24, 2.45) is 11.7 Å². The molecule has 0 saturated carbocycles. The molecule has 0 bridgehead atoms. The Kier molecular flexibility index (Phi) is 5.47. The number of rotatable bonds is 4. The summed E-state index contributed by atoms with van der Waals surface area (Å²) in [6, 6.07) is 7.56. The second kappa shape index (κ2) is 7.20. The quantitative estimate of drug-likeness (QED) is 0.872. The first kappa shape index (κ1) is 18.2. The molecule has 1 aliphatic rings. The lowest BCUT2D eigenvalue weighted by Crippen LogP contribution is -2.46. The van der Waals surface area contributed by atoms with Crippen LogP contribution in [0.3, 0.4) is 0 Å². The lowest BCUT2D eigenvalue weighted by molar-refractivity contribution is -0.223. The van der Waals surface area contributed by atoms with Gasteiger partial charge in [-0.25, -0.2) is 0 Å². The smallest absolute Gasteiger partial charge is 0.383 e. The molecule has 8 heteroatoms. The number of aliphatic hydroxyl groups excluding tert-OH is 1. The Morgan fingerprint density at radius 1 is 1.29 bits per heavy atom. The fourth-order valence-electron chi connectivity index (χ4n) is 3.06. The number of halogens is 3. The number of carbonyl (C=O) groups excluding carboxylic acids is 1. The fraction of sp³-hybridized carbons (Fsp3) is 0.500.